The summed E-state index contributed by atoms with van der Waals surface area (Å²) in [5.41, 5.74) is 2.77. The van der Waals surface area contributed by atoms with Crippen LogP contribution in [0.4, 0.5) is 5.69 Å². The fraction of sp³-hybridized carbons (Fsp3) is 0.529. The number of hydrogen-bond acceptors (Lipinski definition) is 3. The van der Waals surface area contributed by atoms with E-state index in [1.165, 1.54) is 31.4 Å². The second-order valence-corrected chi connectivity index (χ2v) is 6.94. The van der Waals surface area contributed by atoms with E-state index in [0.29, 0.717) is 11.5 Å². The van der Waals surface area contributed by atoms with Gasteiger partial charge in [0.05, 0.1) is 0 Å². The zero-order valence-corrected chi connectivity index (χ0v) is 13.1. The van der Waals surface area contributed by atoms with Crippen molar-refractivity contribution in [3.05, 3.63) is 30.6 Å². The number of nitrogens with zero attached hydrogens (tertiary/aromatic N) is 3. The summed E-state index contributed by atoms with van der Waals surface area (Å²) in [5, 5.41) is 11.8. The maximum Gasteiger partial charge on any atom is 0.163 e. The second kappa shape index (κ2) is 5.51. The zero-order chi connectivity index (χ0) is 14.9. The minimum atomic E-state index is 0.467. The van der Waals surface area contributed by atoms with E-state index in [2.05, 4.69) is 53.6 Å². The molecule has 1 heterocycles. The average Bonchev–Trinajstić information content (AvgIpc) is 2.85. The molecule has 112 valence electrons. The van der Waals surface area contributed by atoms with Gasteiger partial charge in [-0.15, -0.1) is 10.2 Å². The maximum absolute atomic E-state index is 4.14. The number of aryl methyl sites for hydroxylation is 1. The first-order valence-electron chi connectivity index (χ1n) is 7.74. The van der Waals surface area contributed by atoms with Gasteiger partial charge in [-0.3, -0.25) is 0 Å². The van der Waals surface area contributed by atoms with E-state index >= 15 is 0 Å². The molecule has 3 rings (SSSR count). The molecular formula is C17H24N4. The minimum absolute atomic E-state index is 0.467. The van der Waals surface area contributed by atoms with Crippen LogP contribution in [-0.4, -0.2) is 20.8 Å². The molecule has 1 aliphatic carbocycles. The molecule has 1 atom stereocenters. The molecule has 0 radical (unpaired) electrons. The highest BCUT2D eigenvalue weighted by Gasteiger charge is 2.27. The van der Waals surface area contributed by atoms with Crippen LogP contribution in [0.15, 0.2) is 30.6 Å². The van der Waals surface area contributed by atoms with Crippen molar-refractivity contribution in [2.24, 2.45) is 12.5 Å². The molecule has 0 bridgehead atoms. The lowest BCUT2D eigenvalue weighted by molar-refractivity contribution is 0.229. The Balaban J connectivity index is 1.69. The first kappa shape index (κ1) is 14.1. The van der Waals surface area contributed by atoms with Crippen molar-refractivity contribution in [2.45, 2.75) is 45.6 Å². The molecule has 1 aromatic heterocycles. The van der Waals surface area contributed by atoms with Crippen molar-refractivity contribution in [1.29, 1.82) is 0 Å². The first-order valence-corrected chi connectivity index (χ1v) is 7.74. The second-order valence-electron chi connectivity index (χ2n) is 6.94. The highest BCUT2D eigenvalue weighted by Crippen LogP contribution is 2.36. The zero-order valence-electron chi connectivity index (χ0n) is 13.1. The van der Waals surface area contributed by atoms with Gasteiger partial charge in [-0.05, 0) is 48.9 Å². The van der Waals surface area contributed by atoms with E-state index in [0.717, 1.165) is 11.4 Å². The molecule has 0 aliphatic heterocycles. The highest BCUT2D eigenvalue weighted by atomic mass is 15.2. The third-order valence-electron chi connectivity index (χ3n) is 4.43. The molecule has 1 saturated carbocycles. The smallest absolute Gasteiger partial charge is 0.163 e. The molecule has 2 aromatic rings. The van der Waals surface area contributed by atoms with Crippen LogP contribution in [0.1, 0.15) is 39.5 Å². The van der Waals surface area contributed by atoms with Crippen molar-refractivity contribution in [2.75, 3.05) is 5.32 Å². The van der Waals surface area contributed by atoms with E-state index in [4.69, 9.17) is 0 Å². The molecule has 1 aromatic carbocycles. The van der Waals surface area contributed by atoms with E-state index in [9.17, 15) is 0 Å². The Labute approximate surface area is 126 Å². The van der Waals surface area contributed by atoms with Crippen LogP contribution in [0.25, 0.3) is 11.4 Å². The van der Waals surface area contributed by atoms with E-state index < -0.39 is 0 Å². The summed E-state index contributed by atoms with van der Waals surface area (Å²) < 4.78 is 1.94. The molecular weight excluding hydrogens is 260 g/mol. The normalized spacial score (nSPS) is 21.2. The van der Waals surface area contributed by atoms with Crippen molar-refractivity contribution in [3.63, 3.8) is 0 Å². The third kappa shape index (κ3) is 3.26. The molecule has 4 heteroatoms. The topological polar surface area (TPSA) is 42.7 Å². The van der Waals surface area contributed by atoms with Crippen LogP contribution in [0.5, 0.6) is 0 Å². The van der Waals surface area contributed by atoms with Crippen LogP contribution >= 0.6 is 0 Å². The SMILES string of the molecule is Cn1cnnc1-c1ccc(NC2CCCC(C)(C)C2)cc1. The van der Waals surface area contributed by atoms with Gasteiger partial charge in [0, 0.05) is 24.3 Å². The summed E-state index contributed by atoms with van der Waals surface area (Å²) in [6.45, 7) is 4.75. The maximum atomic E-state index is 4.14. The van der Waals surface area contributed by atoms with E-state index in [-0.39, 0.29) is 0 Å². The minimum Gasteiger partial charge on any atom is -0.382 e. The van der Waals surface area contributed by atoms with Crippen LogP contribution in [-0.2, 0) is 7.05 Å². The number of hydrogen-bond donors (Lipinski definition) is 1. The Bertz CT molecular complexity index is 598. The van der Waals surface area contributed by atoms with Crippen LogP contribution in [0, 0.1) is 5.41 Å². The third-order valence-corrected chi connectivity index (χ3v) is 4.43. The Kier molecular flexibility index (Phi) is 3.70. The lowest BCUT2D eigenvalue weighted by atomic mass is 9.75. The Morgan fingerprint density at radius 2 is 2.00 bits per heavy atom. The van der Waals surface area contributed by atoms with Crippen LogP contribution in [0.2, 0.25) is 0 Å². The van der Waals surface area contributed by atoms with E-state index in [1.807, 2.05) is 11.6 Å². The largest absolute Gasteiger partial charge is 0.382 e. The van der Waals surface area contributed by atoms with Gasteiger partial charge in [0.25, 0.3) is 0 Å². The molecule has 1 unspecified atom stereocenters. The molecule has 0 saturated heterocycles. The van der Waals surface area contributed by atoms with Gasteiger partial charge in [0.15, 0.2) is 5.82 Å². The fourth-order valence-corrected chi connectivity index (χ4v) is 3.32. The predicted molar refractivity (Wildman–Crippen MR) is 86.1 cm³/mol. The number of aromatic nitrogens is 3. The Hall–Kier alpha value is -1.84. The summed E-state index contributed by atoms with van der Waals surface area (Å²) in [6.07, 6.45) is 6.91. The van der Waals surface area contributed by atoms with Gasteiger partial charge < -0.3 is 9.88 Å². The first-order chi connectivity index (χ1) is 10.0. The van der Waals surface area contributed by atoms with Gasteiger partial charge in [0.1, 0.15) is 6.33 Å². The average molecular weight is 284 g/mol. The van der Waals surface area contributed by atoms with Gasteiger partial charge in [-0.25, -0.2) is 0 Å². The summed E-state index contributed by atoms with van der Waals surface area (Å²) >= 11 is 0. The van der Waals surface area contributed by atoms with E-state index in [1.54, 1.807) is 6.33 Å². The number of benzene rings is 1. The number of nitrogens with one attached hydrogen (secondary N) is 1. The van der Waals surface area contributed by atoms with Crippen LogP contribution < -0.4 is 5.32 Å². The number of anilines is 1. The van der Waals surface area contributed by atoms with Gasteiger partial charge >= 0.3 is 0 Å². The van der Waals surface area contributed by atoms with Gasteiger partial charge in [0.2, 0.25) is 0 Å². The standard InChI is InChI=1S/C17H24N4/c1-17(2)10-4-5-15(11-17)19-14-8-6-13(7-9-14)16-20-18-12-21(16)3/h6-9,12,15,19H,4-5,10-11H2,1-3H3. The van der Waals surface area contributed by atoms with Crippen molar-refractivity contribution >= 4 is 5.69 Å². The summed E-state index contributed by atoms with van der Waals surface area (Å²) in [7, 11) is 1.96. The van der Waals surface area contributed by atoms with Gasteiger partial charge in [-0.1, -0.05) is 20.3 Å². The predicted octanol–water partition coefficient (Wildman–Crippen LogP) is 3.86. The molecule has 1 fully saturated rings. The molecule has 0 amide bonds. The molecule has 0 spiro atoms. The lowest BCUT2D eigenvalue weighted by Crippen LogP contribution is -2.31. The fourth-order valence-electron chi connectivity index (χ4n) is 3.32. The Morgan fingerprint density at radius 1 is 1.24 bits per heavy atom. The highest BCUT2D eigenvalue weighted by molar-refractivity contribution is 5.59. The molecule has 4 nitrogen and oxygen atoms in total. The van der Waals surface area contributed by atoms with Crippen LogP contribution in [0.3, 0.4) is 0 Å². The Morgan fingerprint density at radius 3 is 2.62 bits per heavy atom. The molecule has 1 N–H and O–H groups in total. The monoisotopic (exact) mass is 284 g/mol. The number of rotatable bonds is 3. The summed E-state index contributed by atoms with van der Waals surface area (Å²) in [5.74, 6) is 0.903. The van der Waals surface area contributed by atoms with Crippen molar-refractivity contribution in [1.82, 2.24) is 14.8 Å². The van der Waals surface area contributed by atoms with Crippen molar-refractivity contribution < 1.29 is 0 Å². The lowest BCUT2D eigenvalue weighted by Gasteiger charge is -2.36. The van der Waals surface area contributed by atoms with Crippen molar-refractivity contribution in [3.8, 4) is 11.4 Å². The molecule has 21 heavy (non-hydrogen) atoms. The van der Waals surface area contributed by atoms with Gasteiger partial charge in [-0.2, -0.15) is 0 Å². The molecule has 1 aliphatic rings. The summed E-state index contributed by atoms with van der Waals surface area (Å²) in [6, 6.07) is 9.10. The summed E-state index contributed by atoms with van der Waals surface area (Å²) in [4.78, 5) is 0. The quantitative estimate of drug-likeness (QED) is 0.930.